The number of rotatable bonds is 7. The molecule has 0 amide bonds. The zero-order valence-electron chi connectivity index (χ0n) is 11.6. The second-order valence-corrected chi connectivity index (χ2v) is 5.11. The lowest BCUT2D eigenvalue weighted by molar-refractivity contribution is 0.458. The van der Waals surface area contributed by atoms with Gasteiger partial charge in [0, 0.05) is 23.9 Å². The fourth-order valence-electron chi connectivity index (χ4n) is 1.23. The highest BCUT2D eigenvalue weighted by Gasteiger charge is 2.11. The molecule has 0 aromatic carbocycles. The summed E-state index contributed by atoms with van der Waals surface area (Å²) in [6.45, 7) is 10.4. The molecule has 0 rings (SSSR count). The molecule has 0 aromatic heterocycles. The molecular weight excluding hydrogens is 210 g/mol. The lowest BCUT2D eigenvalue weighted by atomic mass is 9.94. The molecule has 96 valence electrons. The predicted molar refractivity (Wildman–Crippen MR) is 72.9 cm³/mol. The molecule has 3 atom stereocenters. The van der Waals surface area contributed by atoms with Gasteiger partial charge in [0.05, 0.1) is 6.07 Å². The highest BCUT2D eigenvalue weighted by Crippen LogP contribution is 2.15. The summed E-state index contributed by atoms with van der Waals surface area (Å²) in [6, 6.07) is 2.61. The maximum atomic E-state index is 8.81. The summed E-state index contributed by atoms with van der Waals surface area (Å²) in [7, 11) is 0. The quantitative estimate of drug-likeness (QED) is 0.665. The van der Waals surface area contributed by atoms with E-state index >= 15 is 0 Å². The minimum atomic E-state index is 0.0563. The first-order valence-electron chi connectivity index (χ1n) is 6.29. The van der Waals surface area contributed by atoms with Gasteiger partial charge in [0.15, 0.2) is 0 Å². The fourth-order valence-corrected chi connectivity index (χ4v) is 1.23. The Balaban J connectivity index is 4.37. The van der Waals surface area contributed by atoms with E-state index in [4.69, 9.17) is 10.7 Å². The van der Waals surface area contributed by atoms with Crippen LogP contribution in [0.3, 0.4) is 0 Å². The molecule has 17 heavy (non-hydrogen) atoms. The van der Waals surface area contributed by atoms with Crippen LogP contribution in [0, 0.1) is 34.5 Å². The zero-order valence-corrected chi connectivity index (χ0v) is 11.6. The van der Waals surface area contributed by atoms with E-state index in [2.05, 4.69) is 39.1 Å². The van der Waals surface area contributed by atoms with Gasteiger partial charge >= 0.3 is 0 Å². The Bertz CT molecular complexity index is 299. The van der Waals surface area contributed by atoms with Crippen molar-refractivity contribution in [2.45, 2.75) is 47.1 Å². The topological polar surface area (TPSA) is 59.7 Å². The van der Waals surface area contributed by atoms with E-state index in [9.17, 15) is 0 Å². The molecule has 0 aliphatic rings. The Morgan fingerprint density at radius 1 is 1.29 bits per heavy atom. The third kappa shape index (κ3) is 6.11. The van der Waals surface area contributed by atoms with E-state index in [-0.39, 0.29) is 5.92 Å². The standard InChI is InChI=1S/C14H25N3/c1-10(2)13(5)17-14(9-16)7-6-11(3)12(4)8-15/h7,9-13,16-17H,6H2,1-5H3/b14-7+,16-9?. The van der Waals surface area contributed by atoms with Gasteiger partial charge in [0.25, 0.3) is 0 Å². The van der Waals surface area contributed by atoms with Crippen LogP contribution < -0.4 is 5.32 Å². The predicted octanol–water partition coefficient (Wildman–Crippen LogP) is 3.34. The first-order valence-corrected chi connectivity index (χ1v) is 6.29. The third-order valence-electron chi connectivity index (χ3n) is 3.32. The number of nitrogens with zero attached hydrogens (tertiary/aromatic N) is 1. The van der Waals surface area contributed by atoms with Crippen molar-refractivity contribution in [3.8, 4) is 6.07 Å². The molecule has 0 aliphatic carbocycles. The van der Waals surface area contributed by atoms with Crippen LogP contribution in [0.4, 0.5) is 0 Å². The van der Waals surface area contributed by atoms with Crippen LogP contribution in [0.25, 0.3) is 0 Å². The second-order valence-electron chi connectivity index (χ2n) is 5.11. The summed E-state index contributed by atoms with van der Waals surface area (Å²) < 4.78 is 0. The van der Waals surface area contributed by atoms with Crippen LogP contribution in [0.5, 0.6) is 0 Å². The van der Waals surface area contributed by atoms with Crippen molar-refractivity contribution in [2.75, 3.05) is 0 Å². The number of hydrogen-bond acceptors (Lipinski definition) is 3. The molecule has 0 aromatic rings. The van der Waals surface area contributed by atoms with Gasteiger partial charge in [-0.2, -0.15) is 5.26 Å². The van der Waals surface area contributed by atoms with Crippen molar-refractivity contribution in [2.24, 2.45) is 17.8 Å². The van der Waals surface area contributed by atoms with Crippen molar-refractivity contribution >= 4 is 6.21 Å². The maximum Gasteiger partial charge on any atom is 0.0655 e. The van der Waals surface area contributed by atoms with Crippen LogP contribution in [0.1, 0.15) is 41.0 Å². The van der Waals surface area contributed by atoms with Crippen LogP contribution in [0.2, 0.25) is 0 Å². The van der Waals surface area contributed by atoms with Crippen molar-refractivity contribution < 1.29 is 0 Å². The van der Waals surface area contributed by atoms with Crippen LogP contribution in [-0.4, -0.2) is 12.3 Å². The minimum Gasteiger partial charge on any atom is -0.381 e. The Hall–Kier alpha value is -1.30. The van der Waals surface area contributed by atoms with E-state index in [1.54, 1.807) is 0 Å². The first-order chi connectivity index (χ1) is 7.92. The molecule has 0 saturated carbocycles. The Morgan fingerprint density at radius 2 is 1.88 bits per heavy atom. The van der Waals surface area contributed by atoms with Crippen LogP contribution >= 0.6 is 0 Å². The molecule has 3 unspecified atom stereocenters. The highest BCUT2D eigenvalue weighted by atomic mass is 14.9. The molecular formula is C14H25N3. The fraction of sp³-hybridized carbons (Fsp3) is 0.714. The van der Waals surface area contributed by atoms with Gasteiger partial charge in [-0.3, -0.25) is 0 Å². The lowest BCUT2D eigenvalue weighted by Crippen LogP contribution is -2.30. The van der Waals surface area contributed by atoms with Crippen LogP contribution in [0.15, 0.2) is 11.8 Å². The number of allylic oxidation sites excluding steroid dienone is 2. The molecule has 0 heterocycles. The molecule has 2 N–H and O–H groups in total. The lowest BCUT2D eigenvalue weighted by Gasteiger charge is -2.19. The average molecular weight is 235 g/mol. The molecule has 3 heteroatoms. The van der Waals surface area contributed by atoms with Gasteiger partial charge in [-0.05, 0) is 32.1 Å². The molecule has 3 nitrogen and oxygen atoms in total. The first kappa shape index (κ1) is 15.7. The van der Waals surface area contributed by atoms with Gasteiger partial charge in [0.1, 0.15) is 0 Å². The maximum absolute atomic E-state index is 8.81. The molecule has 0 saturated heterocycles. The van der Waals surface area contributed by atoms with E-state index in [1.165, 1.54) is 6.21 Å². The number of nitrogens with one attached hydrogen (secondary N) is 2. The summed E-state index contributed by atoms with van der Waals surface area (Å²) in [6.07, 6.45) is 4.20. The van der Waals surface area contributed by atoms with Gasteiger partial charge in [-0.25, -0.2) is 0 Å². The number of nitriles is 1. The molecule has 0 spiro atoms. The normalized spacial score (nSPS) is 17.1. The minimum absolute atomic E-state index is 0.0563. The van der Waals surface area contributed by atoms with E-state index in [1.807, 2.05) is 13.0 Å². The largest absolute Gasteiger partial charge is 0.381 e. The van der Waals surface area contributed by atoms with Gasteiger partial charge in [-0.1, -0.05) is 26.8 Å². The summed E-state index contributed by atoms with van der Waals surface area (Å²) in [5.41, 5.74) is 0.850. The number of hydrogen-bond donors (Lipinski definition) is 2. The SMILES string of the molecule is CC(C)C(C)N/C(C=N)=C/CC(C)C(C)C#N. The van der Waals surface area contributed by atoms with Crippen molar-refractivity contribution in [1.29, 1.82) is 10.7 Å². The highest BCUT2D eigenvalue weighted by molar-refractivity contribution is 5.74. The van der Waals surface area contributed by atoms with E-state index < -0.39 is 0 Å². The van der Waals surface area contributed by atoms with Crippen molar-refractivity contribution in [3.05, 3.63) is 11.8 Å². The van der Waals surface area contributed by atoms with E-state index in [0.29, 0.717) is 17.9 Å². The van der Waals surface area contributed by atoms with Crippen molar-refractivity contribution in [1.82, 2.24) is 5.32 Å². The van der Waals surface area contributed by atoms with Crippen molar-refractivity contribution in [3.63, 3.8) is 0 Å². The van der Waals surface area contributed by atoms with Gasteiger partial charge < -0.3 is 10.7 Å². The summed E-state index contributed by atoms with van der Waals surface area (Å²) in [5.74, 6) is 0.917. The molecule has 0 aliphatic heterocycles. The smallest absolute Gasteiger partial charge is 0.0655 e. The molecule has 0 fully saturated rings. The average Bonchev–Trinajstić information content (AvgIpc) is 2.32. The molecule has 0 radical (unpaired) electrons. The van der Waals surface area contributed by atoms with Crippen LogP contribution in [-0.2, 0) is 0 Å². The Morgan fingerprint density at radius 3 is 2.29 bits per heavy atom. The monoisotopic (exact) mass is 235 g/mol. The third-order valence-corrected chi connectivity index (χ3v) is 3.32. The van der Waals surface area contributed by atoms with E-state index in [0.717, 1.165) is 12.1 Å². The summed E-state index contributed by atoms with van der Waals surface area (Å²) in [4.78, 5) is 0. The molecule has 0 bridgehead atoms. The Kier molecular flexibility index (Phi) is 7.29. The Labute approximate surface area is 105 Å². The summed E-state index contributed by atoms with van der Waals surface area (Å²) >= 11 is 0. The van der Waals surface area contributed by atoms with Gasteiger partial charge in [-0.15, -0.1) is 0 Å². The van der Waals surface area contributed by atoms with Gasteiger partial charge in [0.2, 0.25) is 0 Å². The summed E-state index contributed by atoms with van der Waals surface area (Å²) in [5, 5.41) is 19.5. The zero-order chi connectivity index (χ0) is 13.4. The second kappa shape index (κ2) is 7.89.